The smallest absolute Gasteiger partial charge is 0.272 e. The molecule has 3 aromatic carbocycles. The van der Waals surface area contributed by atoms with Crippen LogP contribution in [0.2, 0.25) is 0 Å². The van der Waals surface area contributed by atoms with Gasteiger partial charge < -0.3 is 5.32 Å². The Morgan fingerprint density at radius 1 is 1.00 bits per heavy atom. The first-order valence-corrected chi connectivity index (χ1v) is 10.7. The molecule has 0 saturated carbocycles. The molecule has 0 fully saturated rings. The fourth-order valence-corrected chi connectivity index (χ4v) is 3.59. The molecule has 0 bridgehead atoms. The normalized spacial score (nSPS) is 11.0. The molecule has 176 valence electrons. The van der Waals surface area contributed by atoms with Crippen molar-refractivity contribution in [1.82, 2.24) is 21.0 Å². The second kappa shape index (κ2) is 10.5. The van der Waals surface area contributed by atoms with Crippen molar-refractivity contribution in [3.8, 4) is 0 Å². The van der Waals surface area contributed by atoms with Gasteiger partial charge in [0.2, 0.25) is 0 Å². The zero-order valence-corrected chi connectivity index (χ0v) is 18.4. The van der Waals surface area contributed by atoms with Gasteiger partial charge in [0.05, 0.1) is 16.6 Å². The van der Waals surface area contributed by atoms with Gasteiger partial charge in [-0.25, -0.2) is 15.0 Å². The Labute approximate surface area is 199 Å². The van der Waals surface area contributed by atoms with E-state index in [-0.39, 0.29) is 17.7 Å². The van der Waals surface area contributed by atoms with Crippen molar-refractivity contribution in [2.24, 2.45) is 0 Å². The maximum Gasteiger partial charge on any atom is 0.272 e. The molecule has 35 heavy (non-hydrogen) atoms. The average molecular weight is 472 g/mol. The van der Waals surface area contributed by atoms with Crippen molar-refractivity contribution in [3.05, 3.63) is 117 Å². The maximum absolute atomic E-state index is 14.4. The molecule has 8 nitrogen and oxygen atoms in total. The van der Waals surface area contributed by atoms with Gasteiger partial charge in [-0.1, -0.05) is 48.5 Å². The lowest BCUT2D eigenvalue weighted by molar-refractivity contribution is -0.124. The van der Waals surface area contributed by atoms with Crippen molar-refractivity contribution in [3.63, 3.8) is 0 Å². The van der Waals surface area contributed by atoms with Crippen LogP contribution in [0.25, 0.3) is 16.8 Å². The van der Waals surface area contributed by atoms with Gasteiger partial charge in [-0.3, -0.25) is 19.6 Å². The Bertz CT molecular complexity index is 1480. The molecule has 1 heterocycles. The van der Waals surface area contributed by atoms with Gasteiger partial charge in [0, 0.05) is 24.4 Å². The van der Waals surface area contributed by atoms with E-state index >= 15 is 0 Å². The standard InChI is InChI=1S/C26H21FN4O4/c27-22-11-9-18(14-23-19-3-1-2-4-20(19)26(34)30-29-23)13-21(22)25(33)28-15-17-7-5-16(6-8-17)10-12-24(32)31-35/h1-13,35H,14-15H2,(H,28,33)(H,30,34)(H,31,32). The molecule has 4 aromatic rings. The van der Waals surface area contributed by atoms with Crippen LogP contribution in [0.3, 0.4) is 0 Å². The van der Waals surface area contributed by atoms with Gasteiger partial charge >= 0.3 is 0 Å². The Morgan fingerprint density at radius 2 is 1.71 bits per heavy atom. The van der Waals surface area contributed by atoms with E-state index in [1.54, 1.807) is 48.5 Å². The first-order chi connectivity index (χ1) is 16.9. The number of aromatic amines is 1. The first kappa shape index (κ1) is 23.5. The number of amides is 2. The van der Waals surface area contributed by atoms with Crippen LogP contribution < -0.4 is 16.4 Å². The molecule has 0 unspecified atom stereocenters. The molecule has 0 spiro atoms. The number of halogens is 1. The quantitative estimate of drug-likeness (QED) is 0.187. The molecule has 0 radical (unpaired) electrons. The molecule has 0 atom stereocenters. The monoisotopic (exact) mass is 472 g/mol. The number of carbonyl (C=O) groups is 2. The van der Waals surface area contributed by atoms with Crippen LogP contribution >= 0.6 is 0 Å². The number of benzene rings is 3. The minimum Gasteiger partial charge on any atom is -0.348 e. The van der Waals surface area contributed by atoms with E-state index in [1.807, 2.05) is 6.07 Å². The van der Waals surface area contributed by atoms with Gasteiger partial charge in [-0.15, -0.1) is 0 Å². The fraction of sp³-hybridized carbons (Fsp3) is 0.0769. The van der Waals surface area contributed by atoms with E-state index in [9.17, 15) is 18.8 Å². The summed E-state index contributed by atoms with van der Waals surface area (Å²) in [6.07, 6.45) is 3.01. The lowest BCUT2D eigenvalue weighted by Gasteiger charge is -2.10. The number of hydroxylamine groups is 1. The Kier molecular flexibility index (Phi) is 7.08. The summed E-state index contributed by atoms with van der Waals surface area (Å²) in [5, 5.41) is 19.0. The minimum atomic E-state index is -0.645. The third-order valence-corrected chi connectivity index (χ3v) is 5.39. The van der Waals surface area contributed by atoms with Crippen molar-refractivity contribution in [2.75, 3.05) is 0 Å². The molecule has 4 N–H and O–H groups in total. The van der Waals surface area contributed by atoms with E-state index in [4.69, 9.17) is 5.21 Å². The summed E-state index contributed by atoms with van der Waals surface area (Å²) in [5.74, 6) is -1.85. The highest BCUT2D eigenvalue weighted by Crippen LogP contribution is 2.18. The third-order valence-electron chi connectivity index (χ3n) is 5.39. The number of aromatic nitrogens is 2. The third kappa shape index (κ3) is 5.66. The summed E-state index contributed by atoms with van der Waals surface area (Å²) in [5.41, 5.74) is 3.92. The van der Waals surface area contributed by atoms with Crippen LogP contribution in [0.1, 0.15) is 32.7 Å². The second-order valence-electron chi connectivity index (χ2n) is 7.77. The minimum absolute atomic E-state index is 0.0919. The van der Waals surface area contributed by atoms with Gasteiger partial charge in [-0.2, -0.15) is 5.10 Å². The summed E-state index contributed by atoms with van der Waals surface area (Å²) in [6.45, 7) is 0.176. The van der Waals surface area contributed by atoms with Crippen LogP contribution in [-0.2, 0) is 17.8 Å². The van der Waals surface area contributed by atoms with Gasteiger partial charge in [0.1, 0.15) is 5.82 Å². The van der Waals surface area contributed by atoms with E-state index in [0.717, 1.165) is 11.1 Å². The van der Waals surface area contributed by atoms with E-state index in [0.29, 0.717) is 28.5 Å². The largest absolute Gasteiger partial charge is 0.348 e. The SMILES string of the molecule is O=C(C=Cc1ccc(CNC(=O)c2cc(Cc3n[nH]c(=O)c4ccccc34)ccc2F)cc1)NO. The van der Waals surface area contributed by atoms with Gasteiger partial charge in [0.25, 0.3) is 17.4 Å². The number of nitrogens with one attached hydrogen (secondary N) is 3. The zero-order chi connectivity index (χ0) is 24.8. The lowest BCUT2D eigenvalue weighted by Crippen LogP contribution is -2.24. The summed E-state index contributed by atoms with van der Waals surface area (Å²) in [7, 11) is 0. The van der Waals surface area contributed by atoms with Crippen LogP contribution in [0, 0.1) is 5.82 Å². The van der Waals surface area contributed by atoms with Crippen molar-refractivity contribution in [1.29, 1.82) is 0 Å². The van der Waals surface area contributed by atoms with Gasteiger partial charge in [0.15, 0.2) is 0 Å². The first-order valence-electron chi connectivity index (χ1n) is 10.7. The summed E-state index contributed by atoms with van der Waals surface area (Å²) < 4.78 is 14.4. The molecule has 4 rings (SSSR count). The summed E-state index contributed by atoms with van der Waals surface area (Å²) >= 11 is 0. The highest BCUT2D eigenvalue weighted by molar-refractivity contribution is 5.94. The second-order valence-corrected chi connectivity index (χ2v) is 7.77. The van der Waals surface area contributed by atoms with Crippen molar-refractivity contribution >= 4 is 28.7 Å². The van der Waals surface area contributed by atoms with E-state index in [2.05, 4.69) is 15.5 Å². The van der Waals surface area contributed by atoms with Crippen LogP contribution in [0.5, 0.6) is 0 Å². The van der Waals surface area contributed by atoms with E-state index < -0.39 is 17.6 Å². The topological polar surface area (TPSA) is 124 Å². The van der Waals surface area contributed by atoms with Gasteiger partial charge in [-0.05, 0) is 41.0 Å². The van der Waals surface area contributed by atoms with Crippen LogP contribution in [0.15, 0.2) is 77.6 Å². The van der Waals surface area contributed by atoms with E-state index in [1.165, 1.54) is 29.8 Å². The fourth-order valence-electron chi connectivity index (χ4n) is 3.59. The predicted octanol–water partition coefficient (Wildman–Crippen LogP) is 3.10. The average Bonchev–Trinajstić information content (AvgIpc) is 2.89. The Balaban J connectivity index is 1.46. The Morgan fingerprint density at radius 3 is 2.46 bits per heavy atom. The molecule has 0 aliphatic heterocycles. The highest BCUT2D eigenvalue weighted by atomic mass is 19.1. The summed E-state index contributed by atoms with van der Waals surface area (Å²) in [6, 6.07) is 18.4. The molecular formula is C26H21FN4O4. The molecule has 9 heteroatoms. The number of fused-ring (bicyclic) bond motifs is 1. The number of hydrogen-bond acceptors (Lipinski definition) is 5. The molecule has 0 saturated heterocycles. The van der Waals surface area contributed by atoms with Crippen molar-refractivity contribution < 1.29 is 19.2 Å². The lowest BCUT2D eigenvalue weighted by atomic mass is 10.0. The maximum atomic E-state index is 14.4. The van der Waals surface area contributed by atoms with Crippen LogP contribution in [0.4, 0.5) is 4.39 Å². The van der Waals surface area contributed by atoms with Crippen LogP contribution in [-0.4, -0.2) is 27.2 Å². The molecule has 0 aliphatic carbocycles. The Hall–Kier alpha value is -4.63. The molecule has 1 aromatic heterocycles. The molecular weight excluding hydrogens is 451 g/mol. The number of hydrogen-bond donors (Lipinski definition) is 4. The number of nitrogens with zero attached hydrogens (tertiary/aromatic N) is 1. The number of H-pyrrole nitrogens is 1. The summed E-state index contributed by atoms with van der Waals surface area (Å²) in [4.78, 5) is 35.7. The molecule has 2 amide bonds. The van der Waals surface area contributed by atoms with Crippen molar-refractivity contribution in [2.45, 2.75) is 13.0 Å². The predicted molar refractivity (Wildman–Crippen MR) is 128 cm³/mol. The highest BCUT2D eigenvalue weighted by Gasteiger charge is 2.14. The zero-order valence-electron chi connectivity index (χ0n) is 18.4. The number of carbonyl (C=O) groups excluding carboxylic acids is 2. The molecule has 0 aliphatic rings. The number of rotatable bonds is 7.